The molecular weight excluding hydrogens is 621 g/mol. The largest absolute Gasteiger partial charge is 0.310 e. The van der Waals surface area contributed by atoms with Crippen molar-refractivity contribution in [3.63, 3.8) is 0 Å². The van der Waals surface area contributed by atoms with Gasteiger partial charge in [0.15, 0.2) is 0 Å². The maximum absolute atomic E-state index is 4.61. The average molecular weight is 659 g/mol. The first kappa shape index (κ1) is 29.8. The minimum absolute atomic E-state index is 0.145. The van der Waals surface area contributed by atoms with Gasteiger partial charge in [-0.3, -0.25) is 4.98 Å². The van der Waals surface area contributed by atoms with E-state index in [9.17, 15) is 0 Å². The summed E-state index contributed by atoms with van der Waals surface area (Å²) in [5.74, 6) is 0. The summed E-state index contributed by atoms with van der Waals surface area (Å²) in [6.45, 7) is 9.36. The van der Waals surface area contributed by atoms with E-state index < -0.39 is 0 Å². The highest BCUT2D eigenvalue weighted by Gasteiger charge is 2.39. The van der Waals surface area contributed by atoms with Gasteiger partial charge in [0.25, 0.3) is 0 Å². The molecule has 8 aromatic rings. The Hall–Kier alpha value is -6.13. The van der Waals surface area contributed by atoms with Gasteiger partial charge in [-0.25, -0.2) is 0 Å². The lowest BCUT2D eigenvalue weighted by molar-refractivity contribution is 0.630. The fourth-order valence-corrected chi connectivity index (χ4v) is 8.92. The van der Waals surface area contributed by atoms with Gasteiger partial charge in [-0.2, -0.15) is 0 Å². The van der Waals surface area contributed by atoms with Gasteiger partial charge >= 0.3 is 0 Å². The van der Waals surface area contributed by atoms with E-state index in [1.165, 1.54) is 66.8 Å². The fraction of sp³-hybridized carbons (Fsp3) is 0.128. The van der Waals surface area contributed by atoms with Crippen LogP contribution in [-0.2, 0) is 10.8 Å². The summed E-state index contributed by atoms with van der Waals surface area (Å²) in [6, 6.07) is 53.4. The zero-order valence-corrected chi connectivity index (χ0v) is 29.3. The summed E-state index contributed by atoms with van der Waals surface area (Å²) >= 11 is 0. The van der Waals surface area contributed by atoms with Crippen molar-refractivity contribution < 1.29 is 0 Å². The van der Waals surface area contributed by atoms with Gasteiger partial charge < -0.3 is 14.4 Å². The molecule has 0 unspecified atom stereocenters. The quantitative estimate of drug-likeness (QED) is 0.189. The van der Waals surface area contributed by atoms with Gasteiger partial charge in [-0.05, 0) is 89.0 Å². The minimum atomic E-state index is -0.225. The molecule has 0 aliphatic carbocycles. The molecule has 0 bridgehead atoms. The lowest BCUT2D eigenvalue weighted by atomic mass is 9.73. The van der Waals surface area contributed by atoms with Crippen molar-refractivity contribution in [1.82, 2.24) is 9.55 Å². The van der Waals surface area contributed by atoms with Crippen LogP contribution in [0.4, 0.5) is 34.1 Å². The van der Waals surface area contributed by atoms with Crippen LogP contribution in [0.25, 0.3) is 27.5 Å². The molecule has 4 heteroatoms. The molecule has 0 amide bonds. The van der Waals surface area contributed by atoms with E-state index in [-0.39, 0.29) is 10.8 Å². The Labute approximate surface area is 298 Å². The number of aromatic nitrogens is 2. The predicted molar refractivity (Wildman–Crippen MR) is 212 cm³/mol. The standard InChI is InChI=1S/C47H38N4/c1-46(2)36-18-7-12-23-43(36)51(45-30-48-27-26-38(45)46)32-15-13-14-31(28-32)50-42-22-11-8-19-37(42)47(3,4)39-29-33(24-25-44(39)50)49-40-20-9-5-16-34(40)35-17-6-10-21-41(35)49/h5-30H,1-4H3. The van der Waals surface area contributed by atoms with Crippen molar-refractivity contribution in [3.05, 3.63) is 180 Å². The first-order chi connectivity index (χ1) is 24.8. The van der Waals surface area contributed by atoms with Crippen LogP contribution in [0, 0.1) is 0 Å². The van der Waals surface area contributed by atoms with Gasteiger partial charge in [-0.15, -0.1) is 0 Å². The molecule has 4 nitrogen and oxygen atoms in total. The highest BCUT2D eigenvalue weighted by Crippen LogP contribution is 2.55. The van der Waals surface area contributed by atoms with E-state index in [1.54, 1.807) is 0 Å². The second kappa shape index (κ2) is 10.7. The summed E-state index contributed by atoms with van der Waals surface area (Å²) in [4.78, 5) is 9.46. The molecule has 0 N–H and O–H groups in total. The molecule has 0 radical (unpaired) electrons. The Bertz CT molecular complexity index is 2580. The molecule has 0 saturated carbocycles. The molecule has 0 fully saturated rings. The molecule has 2 aliphatic heterocycles. The van der Waals surface area contributed by atoms with Crippen molar-refractivity contribution in [3.8, 4) is 5.69 Å². The van der Waals surface area contributed by atoms with Crippen molar-refractivity contribution in [2.45, 2.75) is 38.5 Å². The van der Waals surface area contributed by atoms with E-state index >= 15 is 0 Å². The SMILES string of the molecule is CC1(C)c2ccccc2N(c2cccc(N3c4ccccc4C(C)(C)c4cc(-n5c6ccccc6c6ccccc65)ccc43)c2)c2cnccc21. The van der Waals surface area contributed by atoms with Crippen molar-refractivity contribution in [2.75, 3.05) is 9.80 Å². The molecule has 2 aromatic heterocycles. The number of nitrogens with zero attached hydrogens (tertiary/aromatic N) is 4. The predicted octanol–water partition coefficient (Wildman–Crippen LogP) is 12.4. The Morgan fingerprint density at radius 2 is 0.922 bits per heavy atom. The van der Waals surface area contributed by atoms with Crippen LogP contribution in [0.15, 0.2) is 158 Å². The Balaban J connectivity index is 1.18. The Morgan fingerprint density at radius 3 is 1.57 bits per heavy atom. The maximum atomic E-state index is 4.61. The van der Waals surface area contributed by atoms with Gasteiger partial charge in [0, 0.05) is 44.9 Å². The van der Waals surface area contributed by atoms with Crippen LogP contribution in [0.3, 0.4) is 0 Å². The molecule has 4 heterocycles. The second-order valence-corrected chi connectivity index (χ2v) is 14.9. The topological polar surface area (TPSA) is 24.3 Å². The summed E-state index contributed by atoms with van der Waals surface area (Å²) in [6.07, 6.45) is 3.93. The van der Waals surface area contributed by atoms with E-state index in [0.29, 0.717) is 0 Å². The van der Waals surface area contributed by atoms with Crippen molar-refractivity contribution in [1.29, 1.82) is 0 Å². The number of pyridine rings is 1. The maximum Gasteiger partial charge on any atom is 0.0685 e. The third kappa shape index (κ3) is 4.17. The molecule has 0 spiro atoms. The lowest BCUT2D eigenvalue weighted by Gasteiger charge is -2.43. The molecule has 246 valence electrons. The number of anilines is 6. The van der Waals surface area contributed by atoms with E-state index in [0.717, 1.165) is 17.1 Å². The van der Waals surface area contributed by atoms with E-state index in [2.05, 4.69) is 193 Å². The first-order valence-corrected chi connectivity index (χ1v) is 17.8. The second-order valence-electron chi connectivity index (χ2n) is 14.9. The number of para-hydroxylation sites is 4. The van der Waals surface area contributed by atoms with Crippen LogP contribution in [0.1, 0.15) is 49.9 Å². The number of rotatable bonds is 3. The first-order valence-electron chi connectivity index (χ1n) is 17.8. The van der Waals surface area contributed by atoms with Crippen LogP contribution in [-0.4, -0.2) is 9.55 Å². The summed E-state index contributed by atoms with van der Waals surface area (Å²) in [5.41, 5.74) is 15.4. The zero-order valence-electron chi connectivity index (χ0n) is 29.3. The fourth-order valence-electron chi connectivity index (χ4n) is 8.92. The van der Waals surface area contributed by atoms with Crippen LogP contribution < -0.4 is 9.80 Å². The van der Waals surface area contributed by atoms with Gasteiger partial charge in [0.05, 0.1) is 40.0 Å². The zero-order chi connectivity index (χ0) is 34.5. The van der Waals surface area contributed by atoms with E-state index in [1.807, 2.05) is 12.4 Å². The van der Waals surface area contributed by atoms with Crippen LogP contribution in [0.2, 0.25) is 0 Å². The molecule has 51 heavy (non-hydrogen) atoms. The number of fused-ring (bicyclic) bond motifs is 7. The molecule has 2 aliphatic rings. The third-order valence-corrected chi connectivity index (χ3v) is 11.4. The molecule has 6 aromatic carbocycles. The monoisotopic (exact) mass is 658 g/mol. The summed E-state index contributed by atoms with van der Waals surface area (Å²) in [7, 11) is 0. The number of hydrogen-bond acceptors (Lipinski definition) is 3. The van der Waals surface area contributed by atoms with Crippen molar-refractivity contribution in [2.24, 2.45) is 0 Å². The highest BCUT2D eigenvalue weighted by atomic mass is 15.2. The van der Waals surface area contributed by atoms with Gasteiger partial charge in [0.2, 0.25) is 0 Å². The summed E-state index contributed by atoms with van der Waals surface area (Å²) < 4.78 is 2.42. The van der Waals surface area contributed by atoms with Crippen molar-refractivity contribution >= 4 is 55.9 Å². The third-order valence-electron chi connectivity index (χ3n) is 11.4. The minimum Gasteiger partial charge on any atom is -0.310 e. The molecule has 0 saturated heterocycles. The average Bonchev–Trinajstić information content (AvgIpc) is 3.50. The molecular formula is C47H38N4. The Morgan fingerprint density at radius 1 is 0.412 bits per heavy atom. The smallest absolute Gasteiger partial charge is 0.0685 e. The van der Waals surface area contributed by atoms with Crippen LogP contribution >= 0.6 is 0 Å². The number of hydrogen-bond donors (Lipinski definition) is 0. The van der Waals surface area contributed by atoms with Gasteiger partial charge in [0.1, 0.15) is 0 Å². The van der Waals surface area contributed by atoms with E-state index in [4.69, 9.17) is 0 Å². The number of benzene rings is 6. The Kier molecular flexibility index (Phi) is 6.23. The lowest BCUT2D eigenvalue weighted by Crippen LogP contribution is -2.31. The molecule has 0 atom stereocenters. The van der Waals surface area contributed by atoms with Gasteiger partial charge in [-0.1, -0.05) is 107 Å². The van der Waals surface area contributed by atoms with Crippen LogP contribution in [0.5, 0.6) is 0 Å². The highest BCUT2D eigenvalue weighted by molar-refractivity contribution is 6.09. The summed E-state index contributed by atoms with van der Waals surface area (Å²) in [5, 5.41) is 2.54. The molecule has 10 rings (SSSR count). The normalized spacial score (nSPS) is 15.3.